The summed E-state index contributed by atoms with van der Waals surface area (Å²) in [5.41, 5.74) is 0.822. The molecule has 84 valence electrons. The van der Waals surface area contributed by atoms with E-state index in [0.29, 0.717) is 16.3 Å². The van der Waals surface area contributed by atoms with Gasteiger partial charge in [0.1, 0.15) is 6.07 Å². The summed E-state index contributed by atoms with van der Waals surface area (Å²) in [5, 5.41) is 14.8. The zero-order chi connectivity index (χ0) is 12.1. The Kier molecular flexibility index (Phi) is 4.29. The number of nitriles is 1. The third-order valence-electron chi connectivity index (χ3n) is 2.19. The first-order valence-electron chi connectivity index (χ1n) is 4.76. The SMILES string of the molecule is CNC(C)C(=O)Nc1cc(Cl)ccc1C#N. The van der Waals surface area contributed by atoms with E-state index in [1.54, 1.807) is 32.2 Å². The summed E-state index contributed by atoms with van der Waals surface area (Å²) in [6.07, 6.45) is 0. The van der Waals surface area contributed by atoms with E-state index < -0.39 is 0 Å². The number of likely N-dealkylation sites (N-methyl/N-ethyl adjacent to an activating group) is 1. The van der Waals surface area contributed by atoms with Crippen LogP contribution in [0.4, 0.5) is 5.69 Å². The highest BCUT2D eigenvalue weighted by atomic mass is 35.5. The van der Waals surface area contributed by atoms with Crippen molar-refractivity contribution in [3.8, 4) is 6.07 Å². The number of anilines is 1. The number of rotatable bonds is 3. The van der Waals surface area contributed by atoms with Crippen LogP contribution in [0.3, 0.4) is 0 Å². The van der Waals surface area contributed by atoms with E-state index in [-0.39, 0.29) is 11.9 Å². The summed E-state index contributed by atoms with van der Waals surface area (Å²) >= 11 is 5.79. The van der Waals surface area contributed by atoms with E-state index in [1.165, 1.54) is 0 Å². The van der Waals surface area contributed by atoms with Crippen molar-refractivity contribution < 1.29 is 4.79 Å². The minimum Gasteiger partial charge on any atom is -0.323 e. The third kappa shape index (κ3) is 2.96. The van der Waals surface area contributed by atoms with Gasteiger partial charge in [0.05, 0.1) is 17.3 Å². The first-order valence-corrected chi connectivity index (χ1v) is 5.14. The number of carbonyl (C=O) groups excluding carboxylic acids is 1. The summed E-state index contributed by atoms with van der Waals surface area (Å²) < 4.78 is 0. The van der Waals surface area contributed by atoms with Crippen LogP contribution < -0.4 is 10.6 Å². The molecule has 0 radical (unpaired) electrons. The fourth-order valence-electron chi connectivity index (χ4n) is 1.09. The number of hydrogen-bond acceptors (Lipinski definition) is 3. The van der Waals surface area contributed by atoms with Gasteiger partial charge >= 0.3 is 0 Å². The zero-order valence-electron chi connectivity index (χ0n) is 9.04. The van der Waals surface area contributed by atoms with E-state index in [4.69, 9.17) is 16.9 Å². The molecule has 0 saturated heterocycles. The van der Waals surface area contributed by atoms with Crippen molar-refractivity contribution in [1.82, 2.24) is 5.32 Å². The van der Waals surface area contributed by atoms with E-state index in [1.807, 2.05) is 6.07 Å². The average Bonchev–Trinajstić information content (AvgIpc) is 2.28. The number of nitrogens with one attached hydrogen (secondary N) is 2. The van der Waals surface area contributed by atoms with Gasteiger partial charge in [0, 0.05) is 5.02 Å². The maximum Gasteiger partial charge on any atom is 0.241 e. The maximum atomic E-state index is 11.6. The molecule has 0 aliphatic carbocycles. The van der Waals surface area contributed by atoms with Crippen LogP contribution in [0.25, 0.3) is 0 Å². The Hall–Kier alpha value is -1.57. The fraction of sp³-hybridized carbons (Fsp3) is 0.273. The quantitative estimate of drug-likeness (QED) is 0.842. The third-order valence-corrected chi connectivity index (χ3v) is 2.42. The molecule has 0 heterocycles. The van der Waals surface area contributed by atoms with Crippen molar-refractivity contribution in [3.63, 3.8) is 0 Å². The Morgan fingerprint density at radius 2 is 2.25 bits per heavy atom. The topological polar surface area (TPSA) is 64.9 Å². The Labute approximate surface area is 99.2 Å². The van der Waals surface area contributed by atoms with Gasteiger partial charge in [-0.2, -0.15) is 5.26 Å². The van der Waals surface area contributed by atoms with Crippen LogP contribution in [0.15, 0.2) is 18.2 Å². The predicted molar refractivity (Wildman–Crippen MR) is 63.3 cm³/mol. The predicted octanol–water partition coefficient (Wildman–Crippen LogP) is 1.76. The second-order valence-electron chi connectivity index (χ2n) is 3.30. The van der Waals surface area contributed by atoms with Gasteiger partial charge in [-0.3, -0.25) is 4.79 Å². The molecule has 1 aromatic carbocycles. The lowest BCUT2D eigenvalue weighted by Gasteiger charge is -2.12. The van der Waals surface area contributed by atoms with E-state index in [2.05, 4.69) is 10.6 Å². The second kappa shape index (κ2) is 5.50. The molecule has 0 saturated carbocycles. The van der Waals surface area contributed by atoms with Gasteiger partial charge in [0.15, 0.2) is 0 Å². The molecule has 1 amide bonds. The number of nitrogens with zero attached hydrogens (tertiary/aromatic N) is 1. The summed E-state index contributed by atoms with van der Waals surface area (Å²) in [6.45, 7) is 1.73. The van der Waals surface area contributed by atoms with Gasteiger partial charge in [-0.05, 0) is 32.2 Å². The molecule has 5 heteroatoms. The Balaban J connectivity index is 2.92. The minimum atomic E-state index is -0.328. The zero-order valence-corrected chi connectivity index (χ0v) is 9.80. The largest absolute Gasteiger partial charge is 0.323 e. The van der Waals surface area contributed by atoms with Gasteiger partial charge in [-0.15, -0.1) is 0 Å². The Bertz CT molecular complexity index is 439. The van der Waals surface area contributed by atoms with Crippen LogP contribution in [-0.4, -0.2) is 19.0 Å². The van der Waals surface area contributed by atoms with Crippen LogP contribution in [0.1, 0.15) is 12.5 Å². The van der Waals surface area contributed by atoms with Crippen molar-refractivity contribution in [3.05, 3.63) is 28.8 Å². The number of benzene rings is 1. The van der Waals surface area contributed by atoms with E-state index in [9.17, 15) is 4.79 Å². The number of halogens is 1. The molecule has 0 aliphatic heterocycles. The van der Waals surface area contributed by atoms with Crippen LogP contribution in [0.2, 0.25) is 5.02 Å². The molecule has 0 spiro atoms. The molecule has 0 bridgehead atoms. The highest BCUT2D eigenvalue weighted by Gasteiger charge is 2.12. The van der Waals surface area contributed by atoms with Crippen molar-refractivity contribution >= 4 is 23.2 Å². The summed E-state index contributed by atoms with van der Waals surface area (Å²) in [5.74, 6) is -0.207. The molecule has 4 nitrogen and oxygen atoms in total. The van der Waals surface area contributed by atoms with Crippen molar-refractivity contribution in [2.24, 2.45) is 0 Å². The molecule has 1 unspecified atom stereocenters. The monoisotopic (exact) mass is 237 g/mol. The van der Waals surface area contributed by atoms with Gasteiger partial charge < -0.3 is 10.6 Å². The summed E-state index contributed by atoms with van der Waals surface area (Å²) in [7, 11) is 1.69. The molecule has 0 fully saturated rings. The first kappa shape index (κ1) is 12.5. The highest BCUT2D eigenvalue weighted by molar-refractivity contribution is 6.31. The Morgan fingerprint density at radius 1 is 1.56 bits per heavy atom. The standard InChI is InChI=1S/C11H12ClN3O/c1-7(14-2)11(16)15-10-5-9(12)4-3-8(10)6-13/h3-5,7,14H,1-2H3,(H,15,16). The van der Waals surface area contributed by atoms with Crippen LogP contribution in [-0.2, 0) is 4.79 Å². The van der Waals surface area contributed by atoms with Crippen LogP contribution >= 0.6 is 11.6 Å². The summed E-state index contributed by atoms with van der Waals surface area (Å²) in [4.78, 5) is 11.6. The van der Waals surface area contributed by atoms with Gasteiger partial charge in [0.25, 0.3) is 0 Å². The molecular weight excluding hydrogens is 226 g/mol. The van der Waals surface area contributed by atoms with E-state index in [0.717, 1.165) is 0 Å². The molecule has 1 aromatic rings. The molecule has 2 N–H and O–H groups in total. The van der Waals surface area contributed by atoms with Gasteiger partial charge in [-0.1, -0.05) is 11.6 Å². The van der Waals surface area contributed by atoms with Crippen molar-refractivity contribution in [1.29, 1.82) is 5.26 Å². The molecule has 0 aromatic heterocycles. The molecule has 1 atom stereocenters. The fourth-order valence-corrected chi connectivity index (χ4v) is 1.26. The van der Waals surface area contributed by atoms with Gasteiger partial charge in [0.2, 0.25) is 5.91 Å². The first-order chi connectivity index (χ1) is 7.58. The summed E-state index contributed by atoms with van der Waals surface area (Å²) in [6, 6.07) is 6.40. The number of hydrogen-bond donors (Lipinski definition) is 2. The number of carbonyl (C=O) groups is 1. The Morgan fingerprint density at radius 3 is 2.81 bits per heavy atom. The lowest BCUT2D eigenvalue weighted by molar-refractivity contribution is -0.117. The lowest BCUT2D eigenvalue weighted by Crippen LogP contribution is -2.35. The normalized spacial score (nSPS) is 11.6. The second-order valence-corrected chi connectivity index (χ2v) is 3.74. The smallest absolute Gasteiger partial charge is 0.241 e. The van der Waals surface area contributed by atoms with Crippen molar-refractivity contribution in [2.75, 3.05) is 12.4 Å². The van der Waals surface area contributed by atoms with Crippen LogP contribution in [0.5, 0.6) is 0 Å². The van der Waals surface area contributed by atoms with Crippen LogP contribution in [0, 0.1) is 11.3 Å². The molecular formula is C11H12ClN3O. The highest BCUT2D eigenvalue weighted by Crippen LogP contribution is 2.20. The molecule has 1 rings (SSSR count). The maximum absolute atomic E-state index is 11.6. The lowest BCUT2D eigenvalue weighted by atomic mass is 10.2. The van der Waals surface area contributed by atoms with E-state index >= 15 is 0 Å². The van der Waals surface area contributed by atoms with Crippen molar-refractivity contribution in [2.45, 2.75) is 13.0 Å². The minimum absolute atomic E-state index is 0.207. The molecule has 0 aliphatic rings. The van der Waals surface area contributed by atoms with Gasteiger partial charge in [-0.25, -0.2) is 0 Å². The number of amides is 1. The molecule has 16 heavy (non-hydrogen) atoms. The average molecular weight is 238 g/mol.